The van der Waals surface area contributed by atoms with Gasteiger partial charge in [-0.05, 0) is 26.2 Å². The minimum Gasteiger partial charge on any atom is -0.461 e. The Kier molecular flexibility index (Phi) is 4.04. The lowest BCUT2D eigenvalue weighted by atomic mass is 9.94. The van der Waals surface area contributed by atoms with Crippen LogP contribution in [0.3, 0.4) is 0 Å². The molecule has 3 heterocycles. The highest BCUT2D eigenvalue weighted by Gasteiger charge is 2.34. The molecule has 0 unspecified atom stereocenters. The molecule has 1 saturated carbocycles. The smallest absolute Gasteiger partial charge is 0.357 e. The number of ether oxygens (including phenoxy) is 1. The number of esters is 1. The Labute approximate surface area is 146 Å². The van der Waals surface area contributed by atoms with Crippen molar-refractivity contribution in [1.29, 1.82) is 5.26 Å². The highest BCUT2D eigenvalue weighted by molar-refractivity contribution is 5.92. The Bertz CT molecular complexity index is 860. The van der Waals surface area contributed by atoms with Crippen molar-refractivity contribution in [3.05, 3.63) is 23.0 Å². The highest BCUT2D eigenvalue weighted by atomic mass is 16.5. The van der Waals surface area contributed by atoms with Crippen molar-refractivity contribution in [3.63, 3.8) is 0 Å². The van der Waals surface area contributed by atoms with E-state index in [9.17, 15) is 10.1 Å². The number of carbonyl (C=O) groups excluding carboxylic acids is 1. The van der Waals surface area contributed by atoms with Crippen molar-refractivity contribution >= 4 is 17.4 Å². The number of aromatic nitrogens is 3. The largest absolute Gasteiger partial charge is 0.461 e. The summed E-state index contributed by atoms with van der Waals surface area (Å²) in [6, 6.07) is 2.58. The first-order valence-electron chi connectivity index (χ1n) is 8.99. The molecule has 1 aliphatic carbocycles. The second kappa shape index (κ2) is 6.36. The summed E-state index contributed by atoms with van der Waals surface area (Å²) in [6.07, 6.45) is 8.35. The molecule has 2 aliphatic rings. The van der Waals surface area contributed by atoms with Gasteiger partial charge in [0.1, 0.15) is 17.5 Å². The van der Waals surface area contributed by atoms with E-state index in [1.54, 1.807) is 11.4 Å². The van der Waals surface area contributed by atoms with Crippen LogP contribution in [0.4, 0.5) is 5.82 Å². The zero-order chi connectivity index (χ0) is 17.4. The van der Waals surface area contributed by atoms with Crippen LogP contribution in [0.25, 0.3) is 5.65 Å². The fourth-order valence-corrected chi connectivity index (χ4v) is 4.07. The van der Waals surface area contributed by atoms with Gasteiger partial charge < -0.3 is 9.64 Å². The molecule has 1 aliphatic heterocycles. The number of nitriles is 1. The fourth-order valence-electron chi connectivity index (χ4n) is 4.07. The van der Waals surface area contributed by atoms with Gasteiger partial charge in [0.25, 0.3) is 0 Å². The molecule has 4 rings (SSSR count). The zero-order valence-corrected chi connectivity index (χ0v) is 14.4. The van der Waals surface area contributed by atoms with Crippen LogP contribution in [-0.4, -0.2) is 39.8 Å². The van der Waals surface area contributed by atoms with E-state index < -0.39 is 5.97 Å². The third-order valence-electron chi connectivity index (χ3n) is 5.20. The molecule has 0 atom stereocenters. The molecular formula is C18H21N5O2. The van der Waals surface area contributed by atoms with Crippen LogP contribution in [0.1, 0.15) is 60.6 Å². The number of carbonyl (C=O) groups is 1. The molecule has 0 aromatic carbocycles. The molecule has 2 aromatic rings. The van der Waals surface area contributed by atoms with Crippen LogP contribution in [-0.2, 0) is 11.2 Å². The highest BCUT2D eigenvalue weighted by Crippen LogP contribution is 2.36. The lowest BCUT2D eigenvalue weighted by Crippen LogP contribution is -2.36. The van der Waals surface area contributed by atoms with Crippen molar-refractivity contribution in [1.82, 2.24) is 14.6 Å². The van der Waals surface area contributed by atoms with Crippen LogP contribution >= 0.6 is 0 Å². The van der Waals surface area contributed by atoms with Gasteiger partial charge in [0.05, 0.1) is 12.8 Å². The summed E-state index contributed by atoms with van der Waals surface area (Å²) in [7, 11) is 0. The summed E-state index contributed by atoms with van der Waals surface area (Å²) in [5.41, 5.74) is 2.04. The molecule has 25 heavy (non-hydrogen) atoms. The molecule has 0 saturated heterocycles. The summed E-state index contributed by atoms with van der Waals surface area (Å²) >= 11 is 0. The molecule has 2 aromatic heterocycles. The standard InChI is InChI=1S/C18H21N5O2/c1-2-25-18(24)15-14-8-9-22(13-6-4-3-5-7-13)17(14)23-16(21-15)12(10-19)11-20-23/h11,13H,2-9H2,1H3. The molecule has 1 fully saturated rings. The predicted octanol–water partition coefficient (Wildman–Crippen LogP) is 2.47. The molecular weight excluding hydrogens is 318 g/mol. The van der Waals surface area contributed by atoms with Gasteiger partial charge in [-0.25, -0.2) is 9.78 Å². The van der Waals surface area contributed by atoms with E-state index in [0.29, 0.717) is 29.6 Å². The monoisotopic (exact) mass is 339 g/mol. The first kappa shape index (κ1) is 15.9. The minimum absolute atomic E-state index is 0.303. The Morgan fingerprint density at radius 2 is 2.20 bits per heavy atom. The first-order chi connectivity index (χ1) is 12.2. The second-order valence-electron chi connectivity index (χ2n) is 6.62. The maximum atomic E-state index is 12.4. The van der Waals surface area contributed by atoms with Crippen molar-refractivity contribution in [2.45, 2.75) is 51.5 Å². The fraction of sp³-hybridized carbons (Fsp3) is 0.556. The van der Waals surface area contributed by atoms with Crippen molar-refractivity contribution in [2.75, 3.05) is 18.1 Å². The van der Waals surface area contributed by atoms with Crippen LogP contribution in [0.2, 0.25) is 0 Å². The van der Waals surface area contributed by atoms with Gasteiger partial charge >= 0.3 is 5.97 Å². The second-order valence-corrected chi connectivity index (χ2v) is 6.62. The molecule has 0 amide bonds. The summed E-state index contributed by atoms with van der Waals surface area (Å²) in [5.74, 6) is 0.498. The van der Waals surface area contributed by atoms with E-state index in [-0.39, 0.29) is 0 Å². The summed E-state index contributed by atoms with van der Waals surface area (Å²) in [6.45, 7) is 2.94. The van der Waals surface area contributed by atoms with E-state index in [4.69, 9.17) is 4.74 Å². The van der Waals surface area contributed by atoms with Gasteiger partial charge in [-0.3, -0.25) is 0 Å². The Morgan fingerprint density at radius 3 is 2.92 bits per heavy atom. The van der Waals surface area contributed by atoms with Crippen LogP contribution in [0.5, 0.6) is 0 Å². The van der Waals surface area contributed by atoms with Crippen molar-refractivity contribution in [2.24, 2.45) is 0 Å². The number of hydrogen-bond acceptors (Lipinski definition) is 6. The summed E-state index contributed by atoms with van der Waals surface area (Å²) in [5, 5.41) is 13.7. The zero-order valence-electron chi connectivity index (χ0n) is 14.4. The lowest BCUT2D eigenvalue weighted by molar-refractivity contribution is 0.0518. The SMILES string of the molecule is CCOC(=O)c1nc2c(C#N)cnn2c2c1CCN2C1CCCCC1. The van der Waals surface area contributed by atoms with Crippen molar-refractivity contribution in [3.8, 4) is 6.07 Å². The summed E-state index contributed by atoms with van der Waals surface area (Å²) < 4.78 is 6.93. The Morgan fingerprint density at radius 1 is 1.40 bits per heavy atom. The van der Waals surface area contributed by atoms with E-state index >= 15 is 0 Å². The van der Waals surface area contributed by atoms with Crippen LogP contribution < -0.4 is 4.90 Å². The number of hydrogen-bond donors (Lipinski definition) is 0. The molecule has 0 bridgehead atoms. The summed E-state index contributed by atoms with van der Waals surface area (Å²) in [4.78, 5) is 19.3. The molecule has 7 heteroatoms. The van der Waals surface area contributed by atoms with Gasteiger partial charge in [0.2, 0.25) is 0 Å². The van der Waals surface area contributed by atoms with E-state index in [1.165, 1.54) is 25.5 Å². The van der Waals surface area contributed by atoms with Gasteiger partial charge in [0, 0.05) is 18.2 Å². The average molecular weight is 339 g/mol. The van der Waals surface area contributed by atoms with Crippen LogP contribution in [0.15, 0.2) is 6.20 Å². The van der Waals surface area contributed by atoms with Gasteiger partial charge in [0.15, 0.2) is 11.3 Å². The minimum atomic E-state index is -0.420. The van der Waals surface area contributed by atoms with E-state index in [0.717, 1.165) is 37.2 Å². The Balaban J connectivity index is 1.88. The number of rotatable bonds is 3. The quantitative estimate of drug-likeness (QED) is 0.799. The van der Waals surface area contributed by atoms with E-state index in [1.807, 2.05) is 0 Å². The van der Waals surface area contributed by atoms with Crippen LogP contribution in [0, 0.1) is 11.3 Å². The topological polar surface area (TPSA) is 83.5 Å². The number of anilines is 1. The lowest BCUT2D eigenvalue weighted by Gasteiger charge is -2.33. The van der Waals surface area contributed by atoms with Gasteiger partial charge in [-0.15, -0.1) is 0 Å². The number of fused-ring (bicyclic) bond motifs is 3. The third kappa shape index (κ3) is 2.53. The molecule has 0 N–H and O–H groups in total. The maximum absolute atomic E-state index is 12.4. The Hall–Kier alpha value is -2.62. The van der Waals surface area contributed by atoms with Gasteiger partial charge in [-0.1, -0.05) is 19.3 Å². The average Bonchev–Trinajstić information content (AvgIpc) is 3.25. The molecule has 0 spiro atoms. The predicted molar refractivity (Wildman–Crippen MR) is 91.6 cm³/mol. The van der Waals surface area contributed by atoms with E-state index in [2.05, 4.69) is 21.1 Å². The first-order valence-corrected chi connectivity index (χ1v) is 8.99. The van der Waals surface area contributed by atoms with Crippen molar-refractivity contribution < 1.29 is 9.53 Å². The molecule has 0 radical (unpaired) electrons. The normalized spacial score (nSPS) is 17.5. The maximum Gasteiger partial charge on any atom is 0.357 e. The van der Waals surface area contributed by atoms with Gasteiger partial charge in [-0.2, -0.15) is 14.9 Å². The molecule has 7 nitrogen and oxygen atoms in total. The molecule has 130 valence electrons. The third-order valence-corrected chi connectivity index (χ3v) is 5.20. The number of nitrogens with zero attached hydrogens (tertiary/aromatic N) is 5.